The number of aromatic nitrogens is 2. The molecule has 0 bridgehead atoms. The highest BCUT2D eigenvalue weighted by Gasteiger charge is 2.14. The molecule has 128 valence electrons. The molecule has 0 saturated heterocycles. The monoisotopic (exact) mass is 346 g/mol. The Morgan fingerprint density at radius 2 is 1.73 bits per heavy atom. The van der Waals surface area contributed by atoms with Crippen LogP contribution in [0, 0.1) is 0 Å². The number of nitrogens with zero attached hydrogens (tertiary/aromatic N) is 1. The zero-order valence-corrected chi connectivity index (χ0v) is 13.5. The van der Waals surface area contributed by atoms with Crippen molar-refractivity contribution < 1.29 is 14.1 Å². The maximum absolute atomic E-state index is 12.3. The van der Waals surface area contributed by atoms with E-state index in [1.165, 1.54) is 0 Å². The van der Waals surface area contributed by atoms with Crippen LogP contribution in [0.3, 0.4) is 0 Å². The number of carbonyl (C=O) groups excluding carboxylic acids is 2. The van der Waals surface area contributed by atoms with Gasteiger partial charge in [0, 0.05) is 17.3 Å². The summed E-state index contributed by atoms with van der Waals surface area (Å²) in [5.74, 6) is -0.280. The fraction of sp³-hybridized carbons (Fsp3) is 0. The second kappa shape index (κ2) is 6.56. The summed E-state index contributed by atoms with van der Waals surface area (Å²) in [4.78, 5) is 27.0. The number of aromatic amines is 1. The van der Waals surface area contributed by atoms with Crippen molar-refractivity contribution in [2.45, 2.75) is 0 Å². The number of carbonyl (C=O) groups is 2. The van der Waals surface area contributed by atoms with Crippen LogP contribution in [0.2, 0.25) is 0 Å². The maximum atomic E-state index is 12.3. The van der Waals surface area contributed by atoms with Gasteiger partial charge in [-0.3, -0.25) is 20.4 Å². The van der Waals surface area contributed by atoms with E-state index in [0.717, 1.165) is 10.9 Å². The topological polar surface area (TPSA) is 100 Å². The largest absolute Gasteiger partial charge is 0.357 e. The number of nitrogens with one attached hydrogen (secondary N) is 3. The van der Waals surface area contributed by atoms with E-state index < -0.39 is 11.8 Å². The molecule has 0 saturated carbocycles. The molecule has 0 fully saturated rings. The van der Waals surface area contributed by atoms with Gasteiger partial charge in [-0.05, 0) is 30.3 Å². The molecule has 2 aromatic heterocycles. The lowest BCUT2D eigenvalue weighted by atomic mass is 10.1. The summed E-state index contributed by atoms with van der Waals surface area (Å²) in [6, 6.07) is 17.8. The van der Waals surface area contributed by atoms with Crippen molar-refractivity contribution >= 4 is 22.7 Å². The van der Waals surface area contributed by atoms with E-state index in [1.807, 2.05) is 30.3 Å². The van der Waals surface area contributed by atoms with E-state index in [0.29, 0.717) is 22.5 Å². The molecular weight excluding hydrogens is 332 g/mol. The Morgan fingerprint density at radius 1 is 0.923 bits per heavy atom. The number of hydrogen-bond acceptors (Lipinski definition) is 4. The summed E-state index contributed by atoms with van der Waals surface area (Å²) in [7, 11) is 0. The van der Waals surface area contributed by atoms with Crippen molar-refractivity contribution in [3.05, 3.63) is 78.1 Å². The van der Waals surface area contributed by atoms with Crippen LogP contribution in [0.25, 0.3) is 22.2 Å². The van der Waals surface area contributed by atoms with Crippen LogP contribution in [0.5, 0.6) is 0 Å². The molecule has 2 heterocycles. The highest BCUT2D eigenvalue weighted by molar-refractivity contribution is 6.02. The standard InChI is InChI=1S/C19H14N4O3/c24-18(21-22-19(25)16-7-4-10-20-16)13-8-9-15-14(11-13)17(26-23-15)12-5-2-1-3-6-12/h1-11,20H,(H,21,24)(H,22,25). The molecule has 7 nitrogen and oxygen atoms in total. The Morgan fingerprint density at radius 3 is 2.50 bits per heavy atom. The van der Waals surface area contributed by atoms with Crippen molar-refractivity contribution in [1.82, 2.24) is 21.0 Å². The zero-order valence-electron chi connectivity index (χ0n) is 13.5. The van der Waals surface area contributed by atoms with Gasteiger partial charge in [0.15, 0.2) is 5.76 Å². The minimum atomic E-state index is -0.438. The summed E-state index contributed by atoms with van der Waals surface area (Å²) in [5.41, 5.74) is 7.01. The summed E-state index contributed by atoms with van der Waals surface area (Å²) in [6.07, 6.45) is 1.63. The highest BCUT2D eigenvalue weighted by Crippen LogP contribution is 2.29. The van der Waals surface area contributed by atoms with Crippen LogP contribution < -0.4 is 10.9 Å². The van der Waals surface area contributed by atoms with Gasteiger partial charge >= 0.3 is 0 Å². The van der Waals surface area contributed by atoms with Crippen molar-refractivity contribution in [2.75, 3.05) is 0 Å². The lowest BCUT2D eigenvalue weighted by Crippen LogP contribution is -2.41. The van der Waals surface area contributed by atoms with E-state index in [-0.39, 0.29) is 0 Å². The summed E-state index contributed by atoms with van der Waals surface area (Å²) in [5, 5.41) is 4.74. The number of rotatable bonds is 3. The van der Waals surface area contributed by atoms with Gasteiger partial charge in [-0.25, -0.2) is 0 Å². The molecule has 2 aromatic carbocycles. The summed E-state index contributed by atoms with van der Waals surface area (Å²) >= 11 is 0. The van der Waals surface area contributed by atoms with Gasteiger partial charge in [-0.15, -0.1) is 0 Å². The van der Waals surface area contributed by atoms with Crippen LogP contribution in [-0.2, 0) is 0 Å². The fourth-order valence-electron chi connectivity index (χ4n) is 2.61. The molecule has 3 N–H and O–H groups in total. The van der Waals surface area contributed by atoms with Crippen LogP contribution in [0.4, 0.5) is 0 Å². The predicted molar refractivity (Wildman–Crippen MR) is 95.2 cm³/mol. The van der Waals surface area contributed by atoms with Crippen LogP contribution in [0.1, 0.15) is 20.8 Å². The zero-order chi connectivity index (χ0) is 17.9. The molecule has 7 heteroatoms. The molecule has 26 heavy (non-hydrogen) atoms. The normalized spacial score (nSPS) is 10.6. The molecule has 0 spiro atoms. The van der Waals surface area contributed by atoms with E-state index in [4.69, 9.17) is 4.52 Å². The lowest BCUT2D eigenvalue weighted by molar-refractivity contribution is 0.0844. The Labute approximate surface area is 148 Å². The minimum absolute atomic E-state index is 0.353. The first kappa shape index (κ1) is 15.6. The van der Waals surface area contributed by atoms with Gasteiger partial charge in [0.05, 0.1) is 5.39 Å². The average molecular weight is 346 g/mol. The first-order valence-corrected chi connectivity index (χ1v) is 7.91. The van der Waals surface area contributed by atoms with Gasteiger partial charge in [0.1, 0.15) is 11.2 Å². The summed E-state index contributed by atoms with van der Waals surface area (Å²) in [6.45, 7) is 0. The third kappa shape index (κ3) is 2.93. The van der Waals surface area contributed by atoms with Gasteiger partial charge in [-0.2, -0.15) is 0 Å². The maximum Gasteiger partial charge on any atom is 0.286 e. The van der Waals surface area contributed by atoms with Crippen LogP contribution in [-0.4, -0.2) is 22.0 Å². The first-order chi connectivity index (χ1) is 12.7. The van der Waals surface area contributed by atoms with Crippen molar-refractivity contribution in [2.24, 2.45) is 0 Å². The highest BCUT2D eigenvalue weighted by atomic mass is 16.5. The average Bonchev–Trinajstić information content (AvgIpc) is 3.36. The molecular formula is C19H14N4O3. The quantitative estimate of drug-likeness (QED) is 0.497. The summed E-state index contributed by atoms with van der Waals surface area (Å²) < 4.78 is 5.43. The Kier molecular flexibility index (Phi) is 3.95. The second-order valence-electron chi connectivity index (χ2n) is 5.60. The van der Waals surface area contributed by atoms with Crippen molar-refractivity contribution in [3.8, 4) is 11.3 Å². The van der Waals surface area contributed by atoms with Gasteiger partial charge in [0.25, 0.3) is 11.8 Å². The van der Waals surface area contributed by atoms with Crippen LogP contribution in [0.15, 0.2) is 71.4 Å². The molecule has 0 atom stereocenters. The van der Waals surface area contributed by atoms with E-state index in [2.05, 4.69) is 21.0 Å². The molecule has 0 radical (unpaired) electrons. The first-order valence-electron chi connectivity index (χ1n) is 7.91. The number of fused-ring (bicyclic) bond motifs is 1. The number of H-pyrrole nitrogens is 1. The Balaban J connectivity index is 1.57. The van der Waals surface area contributed by atoms with E-state index in [9.17, 15) is 9.59 Å². The molecule has 0 aliphatic heterocycles. The Bertz CT molecular complexity index is 1070. The molecule has 0 aliphatic rings. The predicted octanol–water partition coefficient (Wildman–Crippen LogP) is 2.90. The smallest absolute Gasteiger partial charge is 0.286 e. The molecule has 4 aromatic rings. The van der Waals surface area contributed by atoms with E-state index in [1.54, 1.807) is 36.5 Å². The molecule has 0 aliphatic carbocycles. The SMILES string of the molecule is O=C(NNC(=O)c1ccc[nH]1)c1ccc2noc(-c3ccccc3)c2c1. The molecule has 2 amide bonds. The van der Waals surface area contributed by atoms with Gasteiger partial charge in [-0.1, -0.05) is 35.5 Å². The third-order valence-electron chi connectivity index (χ3n) is 3.91. The molecule has 0 unspecified atom stereocenters. The van der Waals surface area contributed by atoms with Crippen molar-refractivity contribution in [1.29, 1.82) is 0 Å². The second-order valence-corrected chi connectivity index (χ2v) is 5.60. The van der Waals surface area contributed by atoms with Crippen LogP contribution >= 0.6 is 0 Å². The Hall–Kier alpha value is -3.87. The fourth-order valence-corrected chi connectivity index (χ4v) is 2.61. The number of amides is 2. The lowest BCUT2D eigenvalue weighted by Gasteiger charge is -2.06. The van der Waals surface area contributed by atoms with Gasteiger partial charge < -0.3 is 9.51 Å². The van der Waals surface area contributed by atoms with Crippen molar-refractivity contribution in [3.63, 3.8) is 0 Å². The van der Waals surface area contributed by atoms with E-state index >= 15 is 0 Å². The number of benzene rings is 2. The molecule has 4 rings (SSSR count). The number of hydrogen-bond donors (Lipinski definition) is 3. The number of hydrazine groups is 1. The minimum Gasteiger partial charge on any atom is -0.357 e. The third-order valence-corrected chi connectivity index (χ3v) is 3.91. The van der Waals surface area contributed by atoms with Gasteiger partial charge in [0.2, 0.25) is 0 Å².